The van der Waals surface area contributed by atoms with E-state index in [1.807, 2.05) is 27.7 Å². The number of methoxy groups -OCH3 is 1. The molecule has 0 fully saturated rings. The van der Waals surface area contributed by atoms with E-state index in [1.54, 1.807) is 5.32 Å². The number of rotatable bonds is 6. The number of alkyl halides is 1. The van der Waals surface area contributed by atoms with Crippen LogP contribution in [0.25, 0.3) is 0 Å². The summed E-state index contributed by atoms with van der Waals surface area (Å²) < 4.78 is 16.5. The van der Waals surface area contributed by atoms with Crippen LogP contribution in [0.1, 0.15) is 34.1 Å². The number of carbonyl (C=O) groups excluding carboxylic acids is 1. The van der Waals surface area contributed by atoms with E-state index >= 15 is 0 Å². The lowest BCUT2D eigenvalue weighted by atomic mass is 10.2. The monoisotopic (exact) mass is 283 g/mol. The third-order valence-electron chi connectivity index (χ3n) is 1.41. The predicted molar refractivity (Wildman–Crippen MR) is 66.4 cm³/mol. The number of aliphatic carboxylic acids is 2. The highest BCUT2D eigenvalue weighted by molar-refractivity contribution is 5.88. The lowest BCUT2D eigenvalue weighted by Gasteiger charge is -2.13. The third-order valence-corrected chi connectivity index (χ3v) is 1.41. The molecule has 0 aromatic rings. The zero-order valence-electron chi connectivity index (χ0n) is 11.8. The van der Waals surface area contributed by atoms with Crippen LogP contribution in [0.3, 0.4) is 0 Å². The molecule has 0 aromatic carbocycles. The van der Waals surface area contributed by atoms with E-state index in [0.717, 1.165) is 7.11 Å². The second-order valence-electron chi connectivity index (χ2n) is 2.55. The van der Waals surface area contributed by atoms with Crippen LogP contribution in [-0.2, 0) is 19.1 Å². The molecule has 0 aliphatic carbocycles. The molecule has 0 rings (SSSR count). The van der Waals surface area contributed by atoms with Crippen molar-refractivity contribution in [1.29, 1.82) is 0 Å². The van der Waals surface area contributed by atoms with Crippen LogP contribution in [0.15, 0.2) is 0 Å². The molecule has 0 bridgehead atoms. The Kier molecular flexibility index (Phi) is 17.0. The summed E-state index contributed by atoms with van der Waals surface area (Å²) in [5, 5.41) is 18.5. The molecule has 2 atom stereocenters. The van der Waals surface area contributed by atoms with Gasteiger partial charge in [-0.25, -0.2) is 9.18 Å². The molecule has 2 unspecified atom stereocenters. The fraction of sp³-hybridized carbons (Fsp3) is 0.727. The molecule has 0 aliphatic rings. The Morgan fingerprint density at radius 2 is 1.58 bits per heavy atom. The van der Waals surface area contributed by atoms with Gasteiger partial charge in [-0.15, -0.1) is 0 Å². The topological polar surface area (TPSA) is 113 Å². The number of hydrogen-bond acceptors (Lipinski definition) is 4. The van der Waals surface area contributed by atoms with Crippen LogP contribution in [0.5, 0.6) is 0 Å². The molecule has 0 saturated heterocycles. The minimum atomic E-state index is -2.32. The molecule has 19 heavy (non-hydrogen) atoms. The van der Waals surface area contributed by atoms with Gasteiger partial charge in [0.25, 0.3) is 12.3 Å². The molecule has 114 valence electrons. The molecule has 0 aliphatic heterocycles. The highest BCUT2D eigenvalue weighted by Crippen LogP contribution is 1.97. The van der Waals surface area contributed by atoms with Crippen LogP contribution < -0.4 is 5.32 Å². The fourth-order valence-electron chi connectivity index (χ4n) is 0.719. The number of halogens is 1. The van der Waals surface area contributed by atoms with Gasteiger partial charge in [0.15, 0.2) is 0 Å². The van der Waals surface area contributed by atoms with Crippen LogP contribution in [0.2, 0.25) is 0 Å². The number of carboxylic acid groups (broad SMARTS) is 2. The number of carboxylic acids is 2. The minimum Gasteiger partial charge on any atom is -0.481 e. The standard InChI is InChI=1S/C7H10FNO6.2C2H6/c1-15-5(8)6(12)9-3(7(13)14)2-4(10)11;2*1-2/h3,5H,2H2,1H3,(H,9,12)(H,10,11)(H,13,14);2*1-2H3. The Labute approximate surface area is 111 Å². The Hall–Kier alpha value is -1.70. The number of carbonyl (C=O) groups is 3. The van der Waals surface area contributed by atoms with Gasteiger partial charge in [0.1, 0.15) is 6.04 Å². The molecule has 7 nitrogen and oxygen atoms in total. The molecule has 1 amide bonds. The Balaban J connectivity index is -0.000000579. The number of amides is 1. The zero-order chi connectivity index (χ0) is 16.0. The first kappa shape index (κ1) is 22.5. The number of ether oxygens (including phenoxy) is 1. The van der Waals surface area contributed by atoms with E-state index < -0.39 is 36.7 Å². The summed E-state index contributed by atoms with van der Waals surface area (Å²) in [6.07, 6.45) is -3.15. The molecule has 3 N–H and O–H groups in total. The highest BCUT2D eigenvalue weighted by Gasteiger charge is 2.26. The molecular formula is C11H22FNO6. The van der Waals surface area contributed by atoms with Crippen molar-refractivity contribution in [3.8, 4) is 0 Å². The largest absolute Gasteiger partial charge is 0.481 e. The number of nitrogens with one attached hydrogen (secondary N) is 1. The van der Waals surface area contributed by atoms with Gasteiger partial charge in [0, 0.05) is 7.11 Å². The fourth-order valence-corrected chi connectivity index (χ4v) is 0.719. The average Bonchev–Trinajstić information content (AvgIpc) is 2.40. The van der Waals surface area contributed by atoms with Crippen molar-refractivity contribution in [3.05, 3.63) is 0 Å². The first-order chi connectivity index (χ1) is 8.88. The molecule has 0 spiro atoms. The van der Waals surface area contributed by atoms with Crippen molar-refractivity contribution in [1.82, 2.24) is 5.32 Å². The first-order valence-corrected chi connectivity index (χ1v) is 5.80. The van der Waals surface area contributed by atoms with Crippen LogP contribution in [0.4, 0.5) is 4.39 Å². The van der Waals surface area contributed by atoms with Gasteiger partial charge in [-0.05, 0) is 0 Å². The van der Waals surface area contributed by atoms with Crippen molar-refractivity contribution in [2.24, 2.45) is 0 Å². The van der Waals surface area contributed by atoms with Crippen molar-refractivity contribution < 1.29 is 33.7 Å². The van der Waals surface area contributed by atoms with Crippen LogP contribution in [0, 0.1) is 0 Å². The SMILES string of the molecule is CC.CC.COC(F)C(=O)NC(CC(=O)O)C(=O)O. The van der Waals surface area contributed by atoms with E-state index in [0.29, 0.717) is 0 Å². The third kappa shape index (κ3) is 12.5. The van der Waals surface area contributed by atoms with Gasteiger partial charge in [0.2, 0.25) is 0 Å². The van der Waals surface area contributed by atoms with Crippen molar-refractivity contribution in [2.75, 3.05) is 7.11 Å². The van der Waals surface area contributed by atoms with E-state index in [9.17, 15) is 18.8 Å². The summed E-state index contributed by atoms with van der Waals surface area (Å²) in [5.74, 6) is -4.31. The van der Waals surface area contributed by atoms with Gasteiger partial charge in [-0.2, -0.15) is 0 Å². The molecular weight excluding hydrogens is 261 g/mol. The summed E-state index contributed by atoms with van der Waals surface area (Å²) >= 11 is 0. The summed E-state index contributed by atoms with van der Waals surface area (Å²) in [6, 6.07) is -1.68. The smallest absolute Gasteiger partial charge is 0.326 e. The quantitative estimate of drug-likeness (QED) is 0.671. The predicted octanol–water partition coefficient (Wildman–Crippen LogP) is 1.02. The second kappa shape index (κ2) is 14.4. The summed E-state index contributed by atoms with van der Waals surface area (Å²) in [7, 11) is 0.914. The van der Waals surface area contributed by atoms with E-state index in [-0.39, 0.29) is 0 Å². The van der Waals surface area contributed by atoms with Crippen molar-refractivity contribution in [2.45, 2.75) is 46.5 Å². The van der Waals surface area contributed by atoms with Gasteiger partial charge < -0.3 is 20.3 Å². The van der Waals surface area contributed by atoms with Crippen LogP contribution in [-0.4, -0.2) is 47.6 Å². The van der Waals surface area contributed by atoms with E-state index in [4.69, 9.17) is 10.2 Å². The second-order valence-corrected chi connectivity index (χ2v) is 2.55. The van der Waals surface area contributed by atoms with Gasteiger partial charge in [-0.3, -0.25) is 9.59 Å². The van der Waals surface area contributed by atoms with Crippen LogP contribution >= 0.6 is 0 Å². The molecule has 8 heteroatoms. The Morgan fingerprint density at radius 3 is 1.84 bits per heavy atom. The van der Waals surface area contributed by atoms with Crippen molar-refractivity contribution in [3.63, 3.8) is 0 Å². The lowest BCUT2D eigenvalue weighted by molar-refractivity contribution is -0.151. The lowest BCUT2D eigenvalue weighted by Crippen LogP contribution is -2.45. The molecule has 0 radical (unpaired) electrons. The molecule has 0 heterocycles. The maximum absolute atomic E-state index is 12.5. The Morgan fingerprint density at radius 1 is 1.16 bits per heavy atom. The summed E-state index contributed by atoms with van der Waals surface area (Å²) in [5.41, 5.74) is 0. The van der Waals surface area contributed by atoms with Gasteiger partial charge in [0.05, 0.1) is 6.42 Å². The van der Waals surface area contributed by atoms with E-state index in [2.05, 4.69) is 4.74 Å². The maximum atomic E-state index is 12.5. The molecule has 0 saturated carbocycles. The first-order valence-electron chi connectivity index (χ1n) is 5.80. The van der Waals surface area contributed by atoms with Gasteiger partial charge in [-0.1, -0.05) is 27.7 Å². The minimum absolute atomic E-state index is 0.836. The van der Waals surface area contributed by atoms with Crippen molar-refractivity contribution >= 4 is 17.8 Å². The van der Waals surface area contributed by atoms with E-state index in [1.165, 1.54) is 0 Å². The maximum Gasteiger partial charge on any atom is 0.326 e. The summed E-state index contributed by atoms with van der Waals surface area (Å²) in [4.78, 5) is 31.4. The average molecular weight is 283 g/mol. The zero-order valence-corrected chi connectivity index (χ0v) is 11.8. The van der Waals surface area contributed by atoms with Gasteiger partial charge >= 0.3 is 11.9 Å². The molecule has 0 aromatic heterocycles. The summed E-state index contributed by atoms with van der Waals surface area (Å²) in [6.45, 7) is 8.00. The normalized spacial score (nSPS) is 11.7. The highest BCUT2D eigenvalue weighted by atomic mass is 19.1. The Bertz CT molecular complexity index is 272. The number of hydrogen-bond donors (Lipinski definition) is 3.